The van der Waals surface area contributed by atoms with E-state index in [2.05, 4.69) is 15.9 Å². The SMILES string of the molecule is COc1cccc(CN2C(=O)C(O)=C(c3ccc(C)cc3)C2c2ccccc2Br)c1. The van der Waals surface area contributed by atoms with E-state index in [0.717, 1.165) is 32.5 Å². The lowest BCUT2D eigenvalue weighted by atomic mass is 9.93. The fraction of sp³-hybridized carbons (Fsp3) is 0.160. The van der Waals surface area contributed by atoms with Crippen LogP contribution in [0.2, 0.25) is 0 Å². The summed E-state index contributed by atoms with van der Waals surface area (Å²) in [5, 5.41) is 10.9. The molecule has 0 radical (unpaired) electrons. The van der Waals surface area contributed by atoms with Crippen molar-refractivity contribution in [3.05, 3.63) is 105 Å². The maximum Gasteiger partial charge on any atom is 0.290 e. The monoisotopic (exact) mass is 463 g/mol. The standard InChI is InChI=1S/C25H22BrNO3/c1-16-10-12-18(13-11-16)22-23(20-8-3-4-9-21(20)26)27(25(29)24(22)28)15-17-6-5-7-19(14-17)30-2/h3-14,23,28H,15H2,1-2H3. The summed E-state index contributed by atoms with van der Waals surface area (Å²) in [5.41, 5.74) is 4.43. The van der Waals surface area contributed by atoms with Gasteiger partial charge in [-0.3, -0.25) is 4.79 Å². The number of aryl methyl sites for hydroxylation is 1. The highest BCUT2D eigenvalue weighted by Crippen LogP contribution is 2.45. The zero-order valence-electron chi connectivity index (χ0n) is 16.8. The Bertz CT molecular complexity index is 1120. The molecule has 1 aliphatic heterocycles. The molecule has 0 fully saturated rings. The van der Waals surface area contributed by atoms with E-state index in [1.54, 1.807) is 12.0 Å². The number of aliphatic hydroxyl groups excluding tert-OH is 1. The molecule has 1 heterocycles. The number of aliphatic hydroxyl groups is 1. The third-order valence-corrected chi connectivity index (χ3v) is 6.08. The van der Waals surface area contributed by atoms with Crippen molar-refractivity contribution in [3.8, 4) is 5.75 Å². The number of hydrogen-bond donors (Lipinski definition) is 1. The molecular formula is C25H22BrNO3. The van der Waals surface area contributed by atoms with Gasteiger partial charge >= 0.3 is 0 Å². The van der Waals surface area contributed by atoms with Crippen molar-refractivity contribution in [1.29, 1.82) is 0 Å². The second kappa shape index (κ2) is 8.36. The highest BCUT2D eigenvalue weighted by Gasteiger charge is 2.41. The lowest BCUT2D eigenvalue weighted by molar-refractivity contribution is -0.130. The Morgan fingerprint density at radius 2 is 1.77 bits per heavy atom. The van der Waals surface area contributed by atoms with Gasteiger partial charge in [-0.1, -0.05) is 76.1 Å². The Balaban J connectivity index is 1.82. The molecule has 3 aromatic rings. The van der Waals surface area contributed by atoms with Gasteiger partial charge in [-0.2, -0.15) is 0 Å². The molecule has 4 rings (SSSR count). The van der Waals surface area contributed by atoms with Gasteiger partial charge in [-0.25, -0.2) is 0 Å². The predicted molar refractivity (Wildman–Crippen MR) is 121 cm³/mol. The molecule has 0 bridgehead atoms. The van der Waals surface area contributed by atoms with Crippen LogP contribution < -0.4 is 4.74 Å². The third kappa shape index (κ3) is 3.73. The molecule has 1 atom stereocenters. The van der Waals surface area contributed by atoms with Crippen LogP contribution in [0.5, 0.6) is 5.75 Å². The van der Waals surface area contributed by atoms with E-state index in [9.17, 15) is 9.90 Å². The van der Waals surface area contributed by atoms with Crippen LogP contribution in [-0.2, 0) is 11.3 Å². The van der Waals surface area contributed by atoms with Gasteiger partial charge in [-0.15, -0.1) is 0 Å². The molecule has 4 nitrogen and oxygen atoms in total. The zero-order valence-corrected chi connectivity index (χ0v) is 18.4. The second-order valence-corrected chi connectivity index (χ2v) is 8.19. The third-order valence-electron chi connectivity index (χ3n) is 5.35. The fourth-order valence-electron chi connectivity index (χ4n) is 3.83. The Morgan fingerprint density at radius 1 is 1.03 bits per heavy atom. The van der Waals surface area contributed by atoms with Gasteiger partial charge in [0.15, 0.2) is 5.76 Å². The van der Waals surface area contributed by atoms with Gasteiger partial charge in [-0.05, 0) is 41.8 Å². The molecule has 1 unspecified atom stereocenters. The molecule has 5 heteroatoms. The fourth-order valence-corrected chi connectivity index (χ4v) is 4.33. The van der Waals surface area contributed by atoms with Gasteiger partial charge in [0.25, 0.3) is 5.91 Å². The van der Waals surface area contributed by atoms with Crippen LogP contribution in [0.15, 0.2) is 83.0 Å². The van der Waals surface area contributed by atoms with Crippen molar-refractivity contribution in [2.75, 3.05) is 7.11 Å². The minimum Gasteiger partial charge on any atom is -0.503 e. The molecule has 30 heavy (non-hydrogen) atoms. The normalized spacial score (nSPS) is 16.3. The number of hydrogen-bond acceptors (Lipinski definition) is 3. The molecule has 1 N–H and O–H groups in total. The summed E-state index contributed by atoms with van der Waals surface area (Å²) in [5.74, 6) is 0.143. The van der Waals surface area contributed by atoms with E-state index in [1.807, 2.05) is 79.7 Å². The average molecular weight is 464 g/mol. The largest absolute Gasteiger partial charge is 0.503 e. The van der Waals surface area contributed by atoms with Gasteiger partial charge in [0.1, 0.15) is 5.75 Å². The first kappa shape index (κ1) is 20.2. The molecule has 1 aliphatic rings. The number of carbonyl (C=O) groups excluding carboxylic acids is 1. The molecule has 0 aromatic heterocycles. The smallest absolute Gasteiger partial charge is 0.290 e. The number of amides is 1. The summed E-state index contributed by atoms with van der Waals surface area (Å²) in [6.07, 6.45) is 0. The number of rotatable bonds is 5. The van der Waals surface area contributed by atoms with Crippen LogP contribution in [0, 0.1) is 6.92 Å². The van der Waals surface area contributed by atoms with Crippen LogP contribution in [0.1, 0.15) is 28.3 Å². The summed E-state index contributed by atoms with van der Waals surface area (Å²) in [6.45, 7) is 2.36. The summed E-state index contributed by atoms with van der Waals surface area (Å²) in [7, 11) is 1.62. The summed E-state index contributed by atoms with van der Waals surface area (Å²) < 4.78 is 6.22. The van der Waals surface area contributed by atoms with Crippen molar-refractivity contribution in [2.45, 2.75) is 19.5 Å². The number of methoxy groups -OCH3 is 1. The van der Waals surface area contributed by atoms with E-state index in [1.165, 1.54) is 0 Å². The molecule has 1 amide bonds. The van der Waals surface area contributed by atoms with Gasteiger partial charge in [0.2, 0.25) is 0 Å². The molecule has 0 saturated heterocycles. The highest BCUT2D eigenvalue weighted by molar-refractivity contribution is 9.10. The Kier molecular flexibility index (Phi) is 5.64. The minimum absolute atomic E-state index is 0.206. The molecule has 152 valence electrons. The Labute approximate surface area is 184 Å². The lowest BCUT2D eigenvalue weighted by Crippen LogP contribution is -2.30. The quantitative estimate of drug-likeness (QED) is 0.518. The van der Waals surface area contributed by atoms with E-state index in [-0.39, 0.29) is 11.7 Å². The first-order valence-corrected chi connectivity index (χ1v) is 10.5. The first-order chi connectivity index (χ1) is 14.5. The van der Waals surface area contributed by atoms with Crippen LogP contribution in [0.4, 0.5) is 0 Å². The predicted octanol–water partition coefficient (Wildman–Crippen LogP) is 5.82. The Morgan fingerprint density at radius 3 is 2.47 bits per heavy atom. The van der Waals surface area contributed by atoms with E-state index >= 15 is 0 Å². The zero-order chi connectivity index (χ0) is 21.3. The summed E-state index contributed by atoms with van der Waals surface area (Å²) >= 11 is 3.63. The van der Waals surface area contributed by atoms with Crippen LogP contribution >= 0.6 is 15.9 Å². The molecule has 0 spiro atoms. The van der Waals surface area contributed by atoms with E-state index in [0.29, 0.717) is 12.1 Å². The van der Waals surface area contributed by atoms with Crippen molar-refractivity contribution < 1.29 is 14.6 Å². The number of nitrogens with zero attached hydrogens (tertiary/aromatic N) is 1. The Hall–Kier alpha value is -3.05. The van der Waals surface area contributed by atoms with Crippen molar-refractivity contribution in [1.82, 2.24) is 4.90 Å². The number of ether oxygens (including phenoxy) is 1. The van der Waals surface area contributed by atoms with E-state index < -0.39 is 6.04 Å². The topological polar surface area (TPSA) is 49.8 Å². The first-order valence-electron chi connectivity index (χ1n) is 9.68. The summed E-state index contributed by atoms with van der Waals surface area (Å²) in [6, 6.07) is 22.9. The molecule has 3 aromatic carbocycles. The second-order valence-electron chi connectivity index (χ2n) is 7.34. The maximum absolute atomic E-state index is 13.2. The van der Waals surface area contributed by atoms with Gasteiger partial charge in [0, 0.05) is 16.6 Å². The van der Waals surface area contributed by atoms with Gasteiger partial charge in [0.05, 0.1) is 13.2 Å². The molecule has 0 aliphatic carbocycles. The van der Waals surface area contributed by atoms with Crippen LogP contribution in [0.3, 0.4) is 0 Å². The van der Waals surface area contributed by atoms with Crippen molar-refractivity contribution in [3.63, 3.8) is 0 Å². The van der Waals surface area contributed by atoms with Crippen LogP contribution in [-0.4, -0.2) is 23.0 Å². The lowest BCUT2D eigenvalue weighted by Gasteiger charge is -2.28. The summed E-state index contributed by atoms with van der Waals surface area (Å²) in [4.78, 5) is 14.9. The maximum atomic E-state index is 13.2. The van der Waals surface area contributed by atoms with Gasteiger partial charge < -0.3 is 14.7 Å². The van der Waals surface area contributed by atoms with E-state index in [4.69, 9.17) is 4.74 Å². The van der Waals surface area contributed by atoms with Crippen molar-refractivity contribution >= 4 is 27.4 Å². The molecular weight excluding hydrogens is 442 g/mol. The molecule has 0 saturated carbocycles. The number of benzene rings is 3. The minimum atomic E-state index is -0.415. The van der Waals surface area contributed by atoms with Crippen LogP contribution in [0.25, 0.3) is 5.57 Å². The average Bonchev–Trinajstić information content (AvgIpc) is 3.00. The highest BCUT2D eigenvalue weighted by atomic mass is 79.9. The number of carbonyl (C=O) groups is 1. The number of halogens is 1. The van der Waals surface area contributed by atoms with Crippen molar-refractivity contribution in [2.24, 2.45) is 0 Å².